The largest absolute Gasteiger partial charge is 1.00 e. The first kappa shape index (κ1) is 19.1. The van der Waals surface area contributed by atoms with Crippen LogP contribution in [0.5, 0.6) is 0 Å². The van der Waals surface area contributed by atoms with E-state index < -0.39 is 10.1 Å². The molecule has 0 spiro atoms. The summed E-state index contributed by atoms with van der Waals surface area (Å²) < 4.78 is 30.8. The Morgan fingerprint density at radius 1 is 1.18 bits per heavy atom. The molecule has 0 unspecified atom stereocenters. The van der Waals surface area contributed by atoms with E-state index in [4.69, 9.17) is 16.8 Å². The molecule has 2 rings (SSSR count). The average Bonchev–Trinajstić information content (AvgIpc) is 2.41. The predicted octanol–water partition coefficient (Wildman–Crippen LogP) is -3.06. The van der Waals surface area contributed by atoms with Gasteiger partial charge in [-0.15, -0.1) is 0 Å². The molecule has 0 atom stereocenters. The molecule has 1 aromatic heterocycles. The third kappa shape index (κ3) is 4.16. The normalized spacial score (nSPS) is 9.94. The average molecular weight is 290 g/mol. The summed E-state index contributed by atoms with van der Waals surface area (Å²) in [5.41, 5.74) is 1.24. The summed E-state index contributed by atoms with van der Waals surface area (Å²) in [4.78, 5) is 5.42. The molecule has 1 aromatic carbocycles. The van der Waals surface area contributed by atoms with Crippen LogP contribution in [-0.2, 0) is 10.1 Å². The topological polar surface area (TPSA) is 149 Å². The number of rotatable bonds is 1. The van der Waals surface area contributed by atoms with Gasteiger partial charge in [-0.25, -0.2) is 0 Å². The van der Waals surface area contributed by atoms with Gasteiger partial charge in [-0.3, -0.25) is 4.55 Å². The van der Waals surface area contributed by atoms with Crippen LogP contribution in [0.1, 0.15) is 1.43 Å². The molecule has 1 heterocycles. The van der Waals surface area contributed by atoms with E-state index in [9.17, 15) is 8.42 Å². The van der Waals surface area contributed by atoms with Crippen LogP contribution in [0.15, 0.2) is 23.1 Å². The minimum atomic E-state index is -4.15. The maximum absolute atomic E-state index is 10.8. The Morgan fingerprint density at radius 3 is 2.24 bits per heavy atom. The Kier molecular flexibility index (Phi) is 7.43. The van der Waals surface area contributed by atoms with Crippen molar-refractivity contribution in [1.29, 1.82) is 0 Å². The maximum Gasteiger partial charge on any atom is 1.00 e. The molecule has 17 heavy (non-hydrogen) atoms. The van der Waals surface area contributed by atoms with E-state index >= 15 is 0 Å². The van der Waals surface area contributed by atoms with Crippen molar-refractivity contribution in [3.8, 4) is 0 Å². The van der Waals surface area contributed by atoms with E-state index in [-0.39, 0.29) is 46.8 Å². The van der Waals surface area contributed by atoms with Crippen LogP contribution in [0.3, 0.4) is 0 Å². The van der Waals surface area contributed by atoms with E-state index in [1.807, 2.05) is 0 Å². The van der Waals surface area contributed by atoms with Crippen LogP contribution in [0, 0.1) is 4.77 Å². The smallest absolute Gasteiger partial charge is 1.00 e. The number of benzene rings is 1. The number of aromatic amines is 2. The summed E-state index contributed by atoms with van der Waals surface area (Å²) in [6.45, 7) is 0. The van der Waals surface area contributed by atoms with E-state index in [2.05, 4.69) is 9.97 Å². The molecule has 0 saturated carbocycles. The molecule has 7 N–H and O–H groups in total. The Morgan fingerprint density at radius 2 is 1.71 bits per heavy atom. The first-order chi connectivity index (χ1) is 6.47. The summed E-state index contributed by atoms with van der Waals surface area (Å²) >= 11 is 4.83. The van der Waals surface area contributed by atoms with Crippen molar-refractivity contribution in [3.05, 3.63) is 23.0 Å². The summed E-state index contributed by atoms with van der Waals surface area (Å²) in [5.74, 6) is 0. The molecule has 0 radical (unpaired) electrons. The zero-order valence-electron chi connectivity index (χ0n) is 9.81. The van der Waals surface area contributed by atoms with E-state index in [1.165, 1.54) is 18.2 Å². The summed E-state index contributed by atoms with van der Waals surface area (Å²) in [6, 6.07) is 4.15. The predicted molar refractivity (Wildman–Crippen MR) is 61.6 cm³/mol. The van der Waals surface area contributed by atoms with Crippen LogP contribution in [0.2, 0.25) is 0 Å². The number of H-pyrrole nitrogens is 2. The van der Waals surface area contributed by atoms with Gasteiger partial charge in [0.1, 0.15) is 0 Å². The minimum Gasteiger partial charge on any atom is -1.00 e. The second-order valence-corrected chi connectivity index (χ2v) is 4.59. The SMILES string of the molecule is O.O.O=S(=O)(O)c1ccc2[nH]c(=S)[nH]c2c1.[H-].[Na+]. The molecular weight excluding hydrogens is 279 g/mol. The molecule has 0 aliphatic carbocycles. The van der Waals surface area contributed by atoms with Gasteiger partial charge in [0.05, 0.1) is 15.9 Å². The third-order valence-electron chi connectivity index (χ3n) is 1.79. The van der Waals surface area contributed by atoms with Crippen molar-refractivity contribution >= 4 is 33.4 Å². The number of aromatic nitrogens is 2. The maximum atomic E-state index is 10.8. The van der Waals surface area contributed by atoms with Crippen molar-refractivity contribution in [3.63, 3.8) is 0 Å². The van der Waals surface area contributed by atoms with Crippen LogP contribution in [0.4, 0.5) is 0 Å². The van der Waals surface area contributed by atoms with Crippen LogP contribution < -0.4 is 29.6 Å². The molecule has 92 valence electrons. The van der Waals surface area contributed by atoms with E-state index in [1.54, 1.807) is 0 Å². The molecule has 0 saturated heterocycles. The van der Waals surface area contributed by atoms with Gasteiger partial charge in [-0.05, 0) is 30.4 Å². The van der Waals surface area contributed by atoms with Crippen LogP contribution in [0.25, 0.3) is 11.0 Å². The third-order valence-corrected chi connectivity index (χ3v) is 2.84. The molecule has 0 aliphatic rings. The van der Waals surface area contributed by atoms with Gasteiger partial charge in [0.15, 0.2) is 4.77 Å². The zero-order valence-corrected chi connectivity index (χ0v) is 12.4. The number of imidazole rings is 1. The van der Waals surface area contributed by atoms with Crippen molar-refractivity contribution < 1.29 is 54.9 Å². The van der Waals surface area contributed by atoms with E-state index in [0.29, 0.717) is 15.8 Å². The summed E-state index contributed by atoms with van der Waals surface area (Å²) in [6.07, 6.45) is 0. The van der Waals surface area contributed by atoms with Crippen molar-refractivity contribution in [1.82, 2.24) is 9.97 Å². The molecule has 0 aliphatic heterocycles. The molecular formula is C7H11N2NaO5S2. The van der Waals surface area contributed by atoms with Gasteiger partial charge in [0.2, 0.25) is 0 Å². The fourth-order valence-corrected chi connectivity index (χ4v) is 1.90. The second kappa shape index (κ2) is 6.61. The summed E-state index contributed by atoms with van der Waals surface area (Å²) in [7, 11) is -4.15. The monoisotopic (exact) mass is 290 g/mol. The Labute approximate surface area is 125 Å². The number of hydrogen-bond acceptors (Lipinski definition) is 3. The molecule has 7 nitrogen and oxygen atoms in total. The van der Waals surface area contributed by atoms with Gasteiger partial charge in [0, 0.05) is 0 Å². The minimum absolute atomic E-state index is 0. The van der Waals surface area contributed by atoms with Crippen molar-refractivity contribution in [2.24, 2.45) is 0 Å². The molecule has 10 heteroatoms. The number of nitrogens with one attached hydrogen (secondary N) is 2. The van der Waals surface area contributed by atoms with Gasteiger partial charge in [0.25, 0.3) is 10.1 Å². The quantitative estimate of drug-likeness (QED) is 0.290. The fourth-order valence-electron chi connectivity index (χ4n) is 1.17. The molecule has 0 amide bonds. The summed E-state index contributed by atoms with van der Waals surface area (Å²) in [5, 5.41) is 0. The van der Waals surface area contributed by atoms with Gasteiger partial charge in [-0.1, -0.05) is 0 Å². The Bertz CT molecular complexity index is 653. The van der Waals surface area contributed by atoms with Gasteiger partial charge >= 0.3 is 29.6 Å². The Hall–Kier alpha value is -0.260. The first-order valence-corrected chi connectivity index (χ1v) is 5.51. The van der Waals surface area contributed by atoms with Crippen LogP contribution in [-0.4, -0.2) is 33.9 Å². The van der Waals surface area contributed by atoms with E-state index in [0.717, 1.165) is 0 Å². The van der Waals surface area contributed by atoms with Crippen LogP contribution >= 0.6 is 12.2 Å². The van der Waals surface area contributed by atoms with Crippen molar-refractivity contribution in [2.75, 3.05) is 0 Å². The Balaban J connectivity index is -0.000000562. The standard InChI is InChI=1S/C7H6N2O3S2.Na.2H2O.H/c10-14(11,12)4-1-2-5-6(3-4)9-7(13)8-5;;;;/h1-3H,(H2,8,9,13)(H,10,11,12);;2*1H2;/q;+1;;;-1. The van der Waals surface area contributed by atoms with Gasteiger partial charge in [-0.2, -0.15) is 8.42 Å². The molecule has 0 bridgehead atoms. The zero-order chi connectivity index (χ0) is 10.3. The first-order valence-electron chi connectivity index (χ1n) is 3.66. The molecule has 2 aromatic rings. The molecule has 0 fully saturated rings. The number of hydrogen-bond donors (Lipinski definition) is 3. The second-order valence-electron chi connectivity index (χ2n) is 2.76. The van der Waals surface area contributed by atoms with Crippen molar-refractivity contribution in [2.45, 2.75) is 4.90 Å². The fraction of sp³-hybridized carbons (Fsp3) is 0. The van der Waals surface area contributed by atoms with Gasteiger partial charge < -0.3 is 22.3 Å². The number of fused-ring (bicyclic) bond motifs is 1.